The van der Waals surface area contributed by atoms with E-state index >= 15 is 0 Å². The Balaban J connectivity index is 1.98. The minimum Gasteiger partial charge on any atom is -0.490 e. The summed E-state index contributed by atoms with van der Waals surface area (Å²) < 4.78 is 11.5. The molecule has 0 saturated heterocycles. The molecule has 1 saturated carbocycles. The highest BCUT2D eigenvalue weighted by Gasteiger charge is 2.23. The van der Waals surface area contributed by atoms with Gasteiger partial charge in [-0.05, 0) is 49.9 Å². The highest BCUT2D eigenvalue weighted by Crippen LogP contribution is 2.26. The Hall–Kier alpha value is -1.17. The van der Waals surface area contributed by atoms with Gasteiger partial charge in [0, 0.05) is 31.4 Å². The van der Waals surface area contributed by atoms with Crippen LogP contribution in [0.25, 0.3) is 0 Å². The quantitative estimate of drug-likeness (QED) is 0.609. The molecule has 0 aliphatic heterocycles. The Morgan fingerprint density at radius 2 is 2.10 bits per heavy atom. The van der Waals surface area contributed by atoms with Crippen molar-refractivity contribution in [3.63, 3.8) is 0 Å². The molecule has 0 radical (unpaired) electrons. The minimum absolute atomic E-state index is 0.260. The van der Waals surface area contributed by atoms with Crippen LogP contribution in [0.3, 0.4) is 0 Å². The predicted molar refractivity (Wildman–Crippen MR) is 87.1 cm³/mol. The summed E-state index contributed by atoms with van der Waals surface area (Å²) in [6, 6.07) is 6.11. The molecule has 2 atom stereocenters. The molecule has 0 bridgehead atoms. The Labute approximate surface area is 132 Å². The van der Waals surface area contributed by atoms with Gasteiger partial charge >= 0.3 is 0 Å². The fourth-order valence-corrected chi connectivity index (χ4v) is 2.76. The van der Waals surface area contributed by atoms with E-state index in [0.717, 1.165) is 42.6 Å². The van der Waals surface area contributed by atoms with Crippen molar-refractivity contribution in [3.05, 3.63) is 29.3 Å². The highest BCUT2D eigenvalue weighted by atomic mass is 35.5. The first-order valence-corrected chi connectivity index (χ1v) is 8.11. The zero-order chi connectivity index (χ0) is 15.1. The van der Waals surface area contributed by atoms with Crippen LogP contribution in [-0.2, 0) is 4.74 Å². The standard InChI is InChI=1S/C18H23ClO2/c1-14-12-18(10-9-15(14)6-3-4-11-19)21-17-8-5-7-16(13-17)20-2/h9-10,12,16-17H,4-5,7-8,11,13H2,1-2H3. The first-order chi connectivity index (χ1) is 10.2. The Kier molecular flexibility index (Phi) is 6.42. The van der Waals surface area contributed by atoms with E-state index in [9.17, 15) is 0 Å². The molecule has 2 nitrogen and oxygen atoms in total. The lowest BCUT2D eigenvalue weighted by molar-refractivity contribution is 0.0209. The molecule has 1 aromatic rings. The van der Waals surface area contributed by atoms with Crippen molar-refractivity contribution in [2.24, 2.45) is 0 Å². The summed E-state index contributed by atoms with van der Waals surface area (Å²) in [6.07, 6.45) is 5.72. The minimum atomic E-state index is 0.260. The summed E-state index contributed by atoms with van der Waals surface area (Å²) in [6.45, 7) is 2.07. The zero-order valence-corrected chi connectivity index (χ0v) is 13.6. The first-order valence-electron chi connectivity index (χ1n) is 7.58. The van der Waals surface area contributed by atoms with Gasteiger partial charge in [0.05, 0.1) is 6.10 Å². The van der Waals surface area contributed by atoms with Gasteiger partial charge in [-0.1, -0.05) is 11.8 Å². The number of rotatable bonds is 4. The number of alkyl halides is 1. The van der Waals surface area contributed by atoms with E-state index in [0.29, 0.717) is 12.0 Å². The molecule has 1 aromatic carbocycles. The van der Waals surface area contributed by atoms with Crippen LogP contribution in [0.4, 0.5) is 0 Å². The van der Waals surface area contributed by atoms with Crippen molar-refractivity contribution in [2.45, 2.75) is 51.2 Å². The van der Waals surface area contributed by atoms with Crippen molar-refractivity contribution in [3.8, 4) is 17.6 Å². The molecule has 2 rings (SSSR count). The molecule has 21 heavy (non-hydrogen) atoms. The smallest absolute Gasteiger partial charge is 0.120 e. The topological polar surface area (TPSA) is 18.5 Å². The number of hydrogen-bond donors (Lipinski definition) is 0. The van der Waals surface area contributed by atoms with E-state index in [1.165, 1.54) is 6.42 Å². The number of aryl methyl sites for hydroxylation is 1. The van der Waals surface area contributed by atoms with Crippen molar-refractivity contribution in [1.29, 1.82) is 0 Å². The van der Waals surface area contributed by atoms with Crippen molar-refractivity contribution < 1.29 is 9.47 Å². The lowest BCUT2D eigenvalue weighted by atomic mass is 9.95. The van der Waals surface area contributed by atoms with E-state index in [-0.39, 0.29) is 6.10 Å². The summed E-state index contributed by atoms with van der Waals surface area (Å²) >= 11 is 5.63. The van der Waals surface area contributed by atoms with Gasteiger partial charge in [-0.15, -0.1) is 11.6 Å². The summed E-state index contributed by atoms with van der Waals surface area (Å²) in [4.78, 5) is 0. The molecule has 1 fully saturated rings. The van der Waals surface area contributed by atoms with Gasteiger partial charge in [0.2, 0.25) is 0 Å². The first kappa shape index (κ1) is 16.2. The zero-order valence-electron chi connectivity index (χ0n) is 12.8. The number of halogens is 1. The maximum Gasteiger partial charge on any atom is 0.120 e. The monoisotopic (exact) mass is 306 g/mol. The third-order valence-corrected chi connectivity index (χ3v) is 4.04. The van der Waals surface area contributed by atoms with Crippen LogP contribution in [0.5, 0.6) is 5.75 Å². The Morgan fingerprint density at radius 1 is 1.29 bits per heavy atom. The third kappa shape index (κ3) is 4.95. The summed E-state index contributed by atoms with van der Waals surface area (Å²) in [7, 11) is 1.78. The van der Waals surface area contributed by atoms with Gasteiger partial charge in [-0.2, -0.15) is 0 Å². The number of ether oxygens (including phenoxy) is 2. The van der Waals surface area contributed by atoms with Gasteiger partial charge in [-0.25, -0.2) is 0 Å². The van der Waals surface area contributed by atoms with Gasteiger partial charge in [0.15, 0.2) is 0 Å². The summed E-state index contributed by atoms with van der Waals surface area (Å²) in [5, 5.41) is 0. The molecular formula is C18H23ClO2. The van der Waals surface area contributed by atoms with Crippen LogP contribution in [0.2, 0.25) is 0 Å². The molecule has 114 valence electrons. The second-order valence-electron chi connectivity index (χ2n) is 5.48. The maximum atomic E-state index is 6.10. The van der Waals surface area contributed by atoms with E-state index in [1.54, 1.807) is 7.11 Å². The average molecular weight is 307 g/mol. The third-order valence-electron chi connectivity index (χ3n) is 3.85. The van der Waals surface area contributed by atoms with Gasteiger partial charge < -0.3 is 9.47 Å². The molecule has 1 aliphatic carbocycles. The number of hydrogen-bond acceptors (Lipinski definition) is 2. The van der Waals surface area contributed by atoms with E-state index in [1.807, 2.05) is 12.1 Å². The molecule has 2 unspecified atom stereocenters. The fraction of sp³-hybridized carbons (Fsp3) is 0.556. The molecule has 3 heteroatoms. The second kappa shape index (κ2) is 8.32. The summed E-state index contributed by atoms with van der Waals surface area (Å²) in [5.41, 5.74) is 2.19. The van der Waals surface area contributed by atoms with Crippen LogP contribution in [-0.4, -0.2) is 25.2 Å². The van der Waals surface area contributed by atoms with Gasteiger partial charge in [0.25, 0.3) is 0 Å². The average Bonchev–Trinajstić information content (AvgIpc) is 2.50. The van der Waals surface area contributed by atoms with Crippen LogP contribution in [0, 0.1) is 18.8 Å². The lowest BCUT2D eigenvalue weighted by Gasteiger charge is -2.28. The molecule has 0 aromatic heterocycles. The van der Waals surface area contributed by atoms with E-state index < -0.39 is 0 Å². The molecule has 0 N–H and O–H groups in total. The van der Waals surface area contributed by atoms with E-state index in [2.05, 4.69) is 24.8 Å². The van der Waals surface area contributed by atoms with Crippen molar-refractivity contribution in [1.82, 2.24) is 0 Å². The Morgan fingerprint density at radius 3 is 2.81 bits per heavy atom. The van der Waals surface area contributed by atoms with Crippen molar-refractivity contribution in [2.75, 3.05) is 13.0 Å². The number of benzene rings is 1. The van der Waals surface area contributed by atoms with Crippen LogP contribution >= 0.6 is 11.6 Å². The molecule has 0 amide bonds. The second-order valence-corrected chi connectivity index (χ2v) is 5.86. The van der Waals surface area contributed by atoms with E-state index in [4.69, 9.17) is 21.1 Å². The molecule has 0 spiro atoms. The largest absolute Gasteiger partial charge is 0.490 e. The lowest BCUT2D eigenvalue weighted by Crippen LogP contribution is -2.29. The van der Waals surface area contributed by atoms with Crippen LogP contribution in [0.15, 0.2) is 18.2 Å². The van der Waals surface area contributed by atoms with Crippen molar-refractivity contribution >= 4 is 11.6 Å². The number of methoxy groups -OCH3 is 1. The normalized spacial score (nSPS) is 21.5. The van der Waals surface area contributed by atoms with Gasteiger partial charge in [0.1, 0.15) is 11.9 Å². The van der Waals surface area contributed by atoms with Crippen LogP contribution in [0.1, 0.15) is 43.2 Å². The Bertz CT molecular complexity index is 516. The molecule has 1 aliphatic rings. The SMILES string of the molecule is COC1CCCC(Oc2ccc(C#CCCCl)c(C)c2)C1. The molecular weight excluding hydrogens is 284 g/mol. The summed E-state index contributed by atoms with van der Waals surface area (Å²) in [5.74, 6) is 7.72. The van der Waals surface area contributed by atoms with Gasteiger partial charge in [-0.3, -0.25) is 0 Å². The molecule has 0 heterocycles. The fourth-order valence-electron chi connectivity index (χ4n) is 2.67. The van der Waals surface area contributed by atoms with Crippen LogP contribution < -0.4 is 4.74 Å². The highest BCUT2D eigenvalue weighted by molar-refractivity contribution is 6.18. The predicted octanol–water partition coefficient (Wildman–Crippen LogP) is 4.31. The maximum absolute atomic E-state index is 6.10.